The van der Waals surface area contributed by atoms with E-state index >= 15 is 0 Å². The second-order valence-electron chi connectivity index (χ2n) is 9.76. The van der Waals surface area contributed by atoms with Crippen LogP contribution in [0.4, 0.5) is 11.4 Å². The van der Waals surface area contributed by atoms with Gasteiger partial charge in [-0.3, -0.25) is 4.79 Å². The number of sulfone groups is 1. The van der Waals surface area contributed by atoms with Crippen molar-refractivity contribution in [3.8, 4) is 0 Å². The summed E-state index contributed by atoms with van der Waals surface area (Å²) in [6, 6.07) is 17.6. The maximum atomic E-state index is 13.6. The molecule has 2 aromatic carbocycles. The van der Waals surface area contributed by atoms with Crippen LogP contribution in [0.5, 0.6) is 0 Å². The van der Waals surface area contributed by atoms with Crippen molar-refractivity contribution in [1.82, 2.24) is 9.97 Å². The van der Waals surface area contributed by atoms with Crippen LogP contribution < -0.4 is 10.2 Å². The first-order valence-corrected chi connectivity index (χ1v) is 14.2. The summed E-state index contributed by atoms with van der Waals surface area (Å²) in [5.74, 6) is 0.552. The molecule has 9 heteroatoms. The molecule has 4 rings (SSSR count). The number of furan rings is 1. The molecule has 0 aliphatic rings. The van der Waals surface area contributed by atoms with Crippen molar-refractivity contribution in [2.75, 3.05) is 16.5 Å². The van der Waals surface area contributed by atoms with Gasteiger partial charge in [-0.15, -0.1) is 0 Å². The zero-order chi connectivity index (χ0) is 27.4. The zero-order valence-electron chi connectivity index (χ0n) is 22.2. The highest BCUT2D eigenvalue weighted by atomic mass is 32.2. The summed E-state index contributed by atoms with van der Waals surface area (Å²) in [6.45, 7) is 8.89. The molecule has 2 aromatic heterocycles. The molecule has 1 N–H and O–H groups in total. The number of aromatic nitrogens is 2. The summed E-state index contributed by atoms with van der Waals surface area (Å²) in [7, 11) is -3.75. The summed E-state index contributed by atoms with van der Waals surface area (Å²) >= 11 is 0. The number of carbonyl (C=O) groups excluding carboxylic acids is 1. The van der Waals surface area contributed by atoms with Gasteiger partial charge in [0, 0.05) is 18.5 Å². The van der Waals surface area contributed by atoms with E-state index in [-0.39, 0.29) is 5.69 Å². The lowest BCUT2D eigenvalue weighted by molar-refractivity contribution is 0.102. The van der Waals surface area contributed by atoms with Crippen molar-refractivity contribution in [3.63, 3.8) is 0 Å². The van der Waals surface area contributed by atoms with Gasteiger partial charge >= 0.3 is 0 Å². The van der Waals surface area contributed by atoms with Gasteiger partial charge in [-0.2, -0.15) is 0 Å². The normalized spacial score (nSPS) is 11.5. The maximum absolute atomic E-state index is 13.6. The average molecular weight is 533 g/mol. The van der Waals surface area contributed by atoms with Crippen LogP contribution in [-0.4, -0.2) is 30.5 Å². The van der Waals surface area contributed by atoms with E-state index in [1.807, 2.05) is 55.1 Å². The monoisotopic (exact) mass is 532 g/mol. The minimum absolute atomic E-state index is 0.0363. The van der Waals surface area contributed by atoms with Crippen LogP contribution >= 0.6 is 0 Å². The molecule has 0 unspecified atom stereocenters. The summed E-state index contributed by atoms with van der Waals surface area (Å²) in [4.78, 5) is 23.8. The SMILES string of the molecule is Cc1ccc(NC(=O)c2nc(S(C)(=O)=O)ncc2N(Cc2ccc(C(C)C)cc2)Cc2ccco2)c(C)c1. The Kier molecular flexibility index (Phi) is 7.97. The standard InChI is InChI=1S/C29H32N4O4S/c1-19(2)23-11-9-22(10-12-23)17-33(18-24-7-6-14-37-24)26-16-30-29(38(5,35)36)32-27(26)28(34)31-25-13-8-20(3)15-21(25)4/h6-16,19H,17-18H2,1-5H3,(H,31,34). The lowest BCUT2D eigenvalue weighted by Crippen LogP contribution is -2.27. The third-order valence-corrected chi connectivity index (χ3v) is 7.07. The fourth-order valence-electron chi connectivity index (χ4n) is 4.12. The van der Waals surface area contributed by atoms with Crippen LogP contribution in [0.25, 0.3) is 0 Å². The van der Waals surface area contributed by atoms with Crippen LogP contribution in [0, 0.1) is 13.8 Å². The van der Waals surface area contributed by atoms with E-state index in [9.17, 15) is 13.2 Å². The number of hydrogen-bond acceptors (Lipinski definition) is 7. The lowest BCUT2D eigenvalue weighted by atomic mass is 10.0. The molecule has 0 spiro atoms. The van der Waals surface area contributed by atoms with E-state index in [0.717, 1.165) is 22.9 Å². The third kappa shape index (κ3) is 6.47. The molecule has 0 fully saturated rings. The number of hydrogen-bond donors (Lipinski definition) is 1. The Morgan fingerprint density at radius 1 is 1.05 bits per heavy atom. The van der Waals surface area contributed by atoms with Gasteiger partial charge in [-0.25, -0.2) is 18.4 Å². The molecule has 2 heterocycles. The van der Waals surface area contributed by atoms with Crippen molar-refractivity contribution < 1.29 is 17.6 Å². The highest BCUT2D eigenvalue weighted by molar-refractivity contribution is 7.90. The Morgan fingerprint density at radius 2 is 1.79 bits per heavy atom. The van der Waals surface area contributed by atoms with E-state index in [1.54, 1.807) is 12.3 Å². The smallest absolute Gasteiger partial charge is 0.276 e. The van der Waals surface area contributed by atoms with E-state index in [4.69, 9.17) is 4.42 Å². The van der Waals surface area contributed by atoms with Crippen LogP contribution in [0.2, 0.25) is 0 Å². The van der Waals surface area contributed by atoms with Crippen molar-refractivity contribution in [1.29, 1.82) is 0 Å². The molecule has 1 amide bonds. The first-order chi connectivity index (χ1) is 18.0. The van der Waals surface area contributed by atoms with Crippen LogP contribution in [0.1, 0.15) is 58.3 Å². The van der Waals surface area contributed by atoms with Crippen molar-refractivity contribution in [2.24, 2.45) is 0 Å². The van der Waals surface area contributed by atoms with Gasteiger partial charge < -0.3 is 14.6 Å². The van der Waals surface area contributed by atoms with Gasteiger partial charge in [-0.1, -0.05) is 55.8 Å². The molecule has 38 heavy (non-hydrogen) atoms. The van der Waals surface area contributed by atoms with Crippen molar-refractivity contribution in [2.45, 2.75) is 51.9 Å². The first kappa shape index (κ1) is 27.1. The second-order valence-corrected chi connectivity index (χ2v) is 11.7. The number of amides is 1. The van der Waals surface area contributed by atoms with Gasteiger partial charge in [-0.05, 0) is 54.7 Å². The Morgan fingerprint density at radius 3 is 2.39 bits per heavy atom. The summed E-state index contributed by atoms with van der Waals surface area (Å²) in [5.41, 5.74) is 5.16. The Balaban J connectivity index is 1.77. The first-order valence-electron chi connectivity index (χ1n) is 12.3. The molecule has 0 aliphatic carbocycles. The topological polar surface area (TPSA) is 105 Å². The van der Waals surface area contributed by atoms with Gasteiger partial charge in [0.15, 0.2) is 5.69 Å². The Labute approximate surface area is 223 Å². The highest BCUT2D eigenvalue weighted by Crippen LogP contribution is 2.27. The molecule has 8 nitrogen and oxygen atoms in total. The number of carbonyl (C=O) groups is 1. The highest BCUT2D eigenvalue weighted by Gasteiger charge is 2.24. The van der Waals surface area contributed by atoms with Crippen LogP contribution in [0.15, 0.2) is 76.6 Å². The van der Waals surface area contributed by atoms with Crippen LogP contribution in [0.3, 0.4) is 0 Å². The third-order valence-electron chi connectivity index (χ3n) is 6.21. The Hall–Kier alpha value is -3.98. The predicted molar refractivity (Wildman–Crippen MR) is 148 cm³/mol. The van der Waals surface area contributed by atoms with E-state index < -0.39 is 20.9 Å². The maximum Gasteiger partial charge on any atom is 0.276 e. The molecular weight excluding hydrogens is 500 g/mol. The molecule has 0 bridgehead atoms. The van der Waals surface area contributed by atoms with Gasteiger partial charge in [0.25, 0.3) is 5.91 Å². The van der Waals surface area contributed by atoms with Gasteiger partial charge in [0.2, 0.25) is 15.0 Å². The summed E-state index contributed by atoms with van der Waals surface area (Å²) in [5, 5.41) is 2.49. The minimum atomic E-state index is -3.75. The number of nitrogens with zero attached hydrogens (tertiary/aromatic N) is 3. The van der Waals surface area contributed by atoms with E-state index in [2.05, 4.69) is 41.3 Å². The molecule has 0 aliphatic heterocycles. The largest absolute Gasteiger partial charge is 0.467 e. The van der Waals surface area contributed by atoms with Crippen molar-refractivity contribution in [3.05, 3.63) is 101 Å². The zero-order valence-corrected chi connectivity index (χ0v) is 23.0. The molecule has 4 aromatic rings. The summed E-state index contributed by atoms with van der Waals surface area (Å²) < 4.78 is 30.2. The van der Waals surface area contributed by atoms with Crippen LogP contribution in [-0.2, 0) is 22.9 Å². The average Bonchev–Trinajstić information content (AvgIpc) is 3.38. The molecule has 0 saturated heterocycles. The van der Waals surface area contributed by atoms with E-state index in [1.165, 1.54) is 11.8 Å². The van der Waals surface area contributed by atoms with E-state index in [0.29, 0.717) is 36.1 Å². The number of aryl methyl sites for hydroxylation is 2. The lowest BCUT2D eigenvalue weighted by Gasteiger charge is -2.26. The van der Waals surface area contributed by atoms with Crippen molar-refractivity contribution >= 4 is 27.1 Å². The molecule has 0 saturated carbocycles. The molecular formula is C29H32N4O4S. The molecule has 0 atom stereocenters. The second kappa shape index (κ2) is 11.2. The molecule has 0 radical (unpaired) electrons. The van der Waals surface area contributed by atoms with Gasteiger partial charge in [0.1, 0.15) is 5.76 Å². The number of anilines is 2. The fraction of sp³-hybridized carbons (Fsp3) is 0.276. The fourth-order valence-corrected chi connectivity index (χ4v) is 4.62. The Bertz CT molecular complexity index is 1530. The summed E-state index contributed by atoms with van der Waals surface area (Å²) in [6.07, 6.45) is 4.00. The molecule has 198 valence electrons. The van der Waals surface area contributed by atoms with Gasteiger partial charge in [0.05, 0.1) is 24.7 Å². The minimum Gasteiger partial charge on any atom is -0.467 e. The number of rotatable bonds is 9. The number of benzene rings is 2. The number of nitrogens with one attached hydrogen (secondary N) is 1. The predicted octanol–water partition coefficient (Wildman–Crippen LogP) is 5.67. The quantitative estimate of drug-likeness (QED) is 0.277.